The molecule has 2 aromatic heterocycles. The van der Waals surface area contributed by atoms with Gasteiger partial charge in [0.05, 0.1) is 47.1 Å². The van der Waals surface area contributed by atoms with Crippen molar-refractivity contribution < 1.29 is 9.47 Å². The normalized spacial score (nSPS) is 30.3. The SMILES string of the molecule is Cc1ncc(Cl)c([C@@H](C)OC2CCC3NNC(c4ccc(N5CC6(CCCO6)C5)nc4)C3C2)c1Cl. The molecule has 0 aromatic carbocycles. The van der Waals surface area contributed by atoms with Gasteiger partial charge in [0.25, 0.3) is 0 Å². The molecule has 5 atom stereocenters. The van der Waals surface area contributed by atoms with Crippen LogP contribution in [0, 0.1) is 12.8 Å². The summed E-state index contributed by atoms with van der Waals surface area (Å²) < 4.78 is 12.5. The number of ether oxygens (including phenoxy) is 2. The van der Waals surface area contributed by atoms with Crippen LogP contribution in [0.3, 0.4) is 0 Å². The Hall–Kier alpha value is -1.48. The van der Waals surface area contributed by atoms with Crippen LogP contribution in [0.25, 0.3) is 0 Å². The van der Waals surface area contributed by atoms with Crippen LogP contribution in [0.4, 0.5) is 5.82 Å². The third-order valence-corrected chi connectivity index (χ3v) is 9.07. The molecule has 7 nitrogen and oxygen atoms in total. The molecule has 3 aliphatic heterocycles. The molecule has 2 N–H and O–H groups in total. The molecular formula is C26H33Cl2N5O2. The first kappa shape index (κ1) is 23.9. The lowest BCUT2D eigenvalue weighted by atomic mass is 9.78. The second kappa shape index (κ2) is 9.43. The van der Waals surface area contributed by atoms with Crippen LogP contribution in [0.2, 0.25) is 10.0 Å². The second-order valence-electron chi connectivity index (χ2n) is 10.6. The molecule has 2 aromatic rings. The van der Waals surface area contributed by atoms with Gasteiger partial charge < -0.3 is 14.4 Å². The molecule has 3 saturated heterocycles. The maximum Gasteiger partial charge on any atom is 0.128 e. The first-order valence-electron chi connectivity index (χ1n) is 12.7. The van der Waals surface area contributed by atoms with Gasteiger partial charge >= 0.3 is 0 Å². The highest BCUT2D eigenvalue weighted by atomic mass is 35.5. The third kappa shape index (κ3) is 4.45. The van der Waals surface area contributed by atoms with Gasteiger partial charge in [-0.2, -0.15) is 0 Å². The molecule has 188 valence electrons. The summed E-state index contributed by atoms with van der Waals surface area (Å²) in [5, 5.41) is 1.15. The van der Waals surface area contributed by atoms with Crippen LogP contribution in [0.15, 0.2) is 24.5 Å². The Morgan fingerprint density at radius 2 is 2.03 bits per heavy atom. The zero-order valence-electron chi connectivity index (χ0n) is 20.3. The monoisotopic (exact) mass is 517 g/mol. The summed E-state index contributed by atoms with van der Waals surface area (Å²) in [4.78, 5) is 11.4. The molecule has 35 heavy (non-hydrogen) atoms. The Kier molecular flexibility index (Phi) is 6.44. The number of pyridine rings is 2. The number of hydrazine groups is 1. The van der Waals surface area contributed by atoms with E-state index in [4.69, 9.17) is 37.7 Å². The highest BCUT2D eigenvalue weighted by Crippen LogP contribution is 2.42. The van der Waals surface area contributed by atoms with Crippen molar-refractivity contribution >= 4 is 29.0 Å². The molecule has 0 bridgehead atoms. The van der Waals surface area contributed by atoms with E-state index in [2.05, 4.69) is 32.9 Å². The first-order chi connectivity index (χ1) is 16.9. The summed E-state index contributed by atoms with van der Waals surface area (Å²) in [5.41, 5.74) is 9.96. The van der Waals surface area contributed by atoms with Gasteiger partial charge in [0, 0.05) is 30.6 Å². The molecule has 1 saturated carbocycles. The van der Waals surface area contributed by atoms with E-state index in [1.54, 1.807) is 6.20 Å². The largest absolute Gasteiger partial charge is 0.371 e. The molecule has 6 rings (SSSR count). The minimum atomic E-state index is -0.191. The van der Waals surface area contributed by atoms with Gasteiger partial charge in [0.2, 0.25) is 0 Å². The number of anilines is 1. The Labute approximate surface area is 216 Å². The number of aryl methyl sites for hydroxylation is 1. The second-order valence-corrected chi connectivity index (χ2v) is 11.4. The van der Waals surface area contributed by atoms with Crippen LogP contribution >= 0.6 is 23.2 Å². The lowest BCUT2D eigenvalue weighted by Crippen LogP contribution is -2.61. The standard InChI is InChI=1S/C26H33Cl2N5O2/c1-15-24(28)23(20(27)12-29-15)16(2)35-18-5-6-21-19(10-18)25(32-31-21)17-4-7-22(30-11-17)33-13-26(14-33)8-3-9-34-26/h4,7,11-12,16,18-19,21,25,31-32H,3,5-6,8-10,13-14H2,1-2H3/t16-,18?,19?,21?,25?/m1/s1. The molecule has 0 radical (unpaired) electrons. The summed E-state index contributed by atoms with van der Waals surface area (Å²) in [5.74, 6) is 1.47. The van der Waals surface area contributed by atoms with Crippen molar-refractivity contribution in [2.24, 2.45) is 5.92 Å². The molecular weight excluding hydrogens is 485 g/mol. The number of nitrogens with zero attached hydrogens (tertiary/aromatic N) is 3. The van der Waals surface area contributed by atoms with Gasteiger partial charge in [-0.25, -0.2) is 10.4 Å². The molecule has 1 spiro atoms. The maximum absolute atomic E-state index is 6.52. The van der Waals surface area contributed by atoms with Gasteiger partial charge in [0.15, 0.2) is 0 Å². The predicted molar refractivity (Wildman–Crippen MR) is 137 cm³/mol. The maximum atomic E-state index is 6.52. The minimum absolute atomic E-state index is 0.0855. The Balaban J connectivity index is 1.10. The third-order valence-electron chi connectivity index (χ3n) is 8.29. The lowest BCUT2D eigenvalue weighted by Gasteiger charge is -2.47. The molecule has 9 heteroatoms. The predicted octanol–water partition coefficient (Wildman–Crippen LogP) is 4.93. The highest BCUT2D eigenvalue weighted by Gasteiger charge is 2.47. The molecule has 1 aliphatic carbocycles. The zero-order valence-corrected chi connectivity index (χ0v) is 21.8. The van der Waals surface area contributed by atoms with Crippen molar-refractivity contribution in [3.8, 4) is 0 Å². The number of halogens is 2. The molecule has 4 unspecified atom stereocenters. The van der Waals surface area contributed by atoms with Gasteiger partial charge in [0.1, 0.15) is 11.4 Å². The number of rotatable bonds is 5. The quantitative estimate of drug-likeness (QED) is 0.582. The highest BCUT2D eigenvalue weighted by molar-refractivity contribution is 6.36. The van der Waals surface area contributed by atoms with Gasteiger partial charge in [-0.05, 0) is 63.5 Å². The molecule has 4 aliphatic rings. The number of fused-ring (bicyclic) bond motifs is 1. The zero-order chi connectivity index (χ0) is 24.2. The summed E-state index contributed by atoms with van der Waals surface area (Å²) >= 11 is 13.0. The fourth-order valence-electron chi connectivity index (χ4n) is 6.36. The van der Waals surface area contributed by atoms with Crippen molar-refractivity contribution in [2.45, 2.75) is 75.8 Å². The minimum Gasteiger partial charge on any atom is -0.371 e. The van der Waals surface area contributed by atoms with Crippen LogP contribution < -0.4 is 15.8 Å². The fraction of sp³-hybridized carbons (Fsp3) is 0.615. The van der Waals surface area contributed by atoms with Crippen LogP contribution in [0.5, 0.6) is 0 Å². The van der Waals surface area contributed by atoms with Crippen molar-refractivity contribution in [1.82, 2.24) is 20.8 Å². The van der Waals surface area contributed by atoms with Crippen LogP contribution in [0.1, 0.15) is 68.0 Å². The average Bonchev–Trinajstić information content (AvgIpc) is 3.49. The summed E-state index contributed by atoms with van der Waals surface area (Å²) in [6, 6.07) is 5.01. The van der Waals surface area contributed by atoms with Crippen molar-refractivity contribution in [1.29, 1.82) is 0 Å². The summed E-state index contributed by atoms with van der Waals surface area (Å²) in [6.45, 7) is 6.72. The molecule has 4 fully saturated rings. The first-order valence-corrected chi connectivity index (χ1v) is 13.5. The smallest absolute Gasteiger partial charge is 0.128 e. The van der Waals surface area contributed by atoms with E-state index < -0.39 is 0 Å². The molecule has 0 amide bonds. The van der Waals surface area contributed by atoms with E-state index in [-0.39, 0.29) is 23.9 Å². The lowest BCUT2D eigenvalue weighted by molar-refractivity contribution is -0.0370. The van der Waals surface area contributed by atoms with Crippen LogP contribution in [-0.4, -0.2) is 47.4 Å². The fourth-order valence-corrected chi connectivity index (χ4v) is 7.01. The van der Waals surface area contributed by atoms with E-state index in [1.165, 1.54) is 18.4 Å². The number of hydrogen-bond donors (Lipinski definition) is 2. The van der Waals surface area contributed by atoms with Crippen molar-refractivity contribution in [3.05, 3.63) is 51.4 Å². The van der Waals surface area contributed by atoms with Gasteiger partial charge in [-0.15, -0.1) is 0 Å². The van der Waals surface area contributed by atoms with E-state index in [1.807, 2.05) is 20.0 Å². The van der Waals surface area contributed by atoms with E-state index in [0.29, 0.717) is 22.0 Å². The number of hydrogen-bond acceptors (Lipinski definition) is 7. The number of aromatic nitrogens is 2. The van der Waals surface area contributed by atoms with E-state index >= 15 is 0 Å². The van der Waals surface area contributed by atoms with Crippen LogP contribution in [-0.2, 0) is 9.47 Å². The van der Waals surface area contributed by atoms with E-state index in [0.717, 1.165) is 56.0 Å². The topological polar surface area (TPSA) is 71.5 Å². The Morgan fingerprint density at radius 1 is 1.17 bits per heavy atom. The summed E-state index contributed by atoms with van der Waals surface area (Å²) in [7, 11) is 0. The Bertz CT molecular complexity index is 1070. The van der Waals surface area contributed by atoms with Crippen molar-refractivity contribution in [2.75, 3.05) is 24.6 Å². The van der Waals surface area contributed by atoms with Gasteiger partial charge in [-0.3, -0.25) is 10.4 Å². The summed E-state index contributed by atoms with van der Waals surface area (Å²) in [6.07, 6.45) is 9.02. The van der Waals surface area contributed by atoms with Crippen molar-refractivity contribution in [3.63, 3.8) is 0 Å². The van der Waals surface area contributed by atoms with E-state index in [9.17, 15) is 0 Å². The Morgan fingerprint density at radius 3 is 2.77 bits per heavy atom. The molecule has 5 heterocycles. The van der Waals surface area contributed by atoms with Gasteiger partial charge in [-0.1, -0.05) is 29.3 Å². The number of nitrogens with one attached hydrogen (secondary N) is 2. The average molecular weight is 518 g/mol.